The summed E-state index contributed by atoms with van der Waals surface area (Å²) in [5.41, 5.74) is 4.95. The van der Waals surface area contributed by atoms with Gasteiger partial charge in [0.15, 0.2) is 0 Å². The molecule has 4 rings (SSSR count). The third-order valence-corrected chi connectivity index (χ3v) is 5.57. The molecule has 0 saturated heterocycles. The molecular weight excluding hydrogens is 252 g/mol. The molecule has 2 saturated carbocycles. The summed E-state index contributed by atoms with van der Waals surface area (Å²) in [4.78, 5) is 10.0. The highest BCUT2D eigenvalue weighted by Crippen LogP contribution is 2.41. The highest BCUT2D eigenvalue weighted by atomic mass is 32.1. The van der Waals surface area contributed by atoms with Crippen LogP contribution in [0.25, 0.3) is 11.0 Å². The lowest BCUT2D eigenvalue weighted by Crippen LogP contribution is -2.08. The molecule has 19 heavy (non-hydrogen) atoms. The minimum absolute atomic E-state index is 0.687. The van der Waals surface area contributed by atoms with Crippen LogP contribution in [-0.2, 0) is 0 Å². The zero-order valence-corrected chi connectivity index (χ0v) is 12.1. The van der Waals surface area contributed by atoms with Gasteiger partial charge in [-0.2, -0.15) is 0 Å². The van der Waals surface area contributed by atoms with Crippen molar-refractivity contribution < 1.29 is 0 Å². The number of aromatic nitrogens is 2. The lowest BCUT2D eigenvalue weighted by molar-refractivity contribution is 0.631. The van der Waals surface area contributed by atoms with Gasteiger partial charge in [0.05, 0.1) is 22.4 Å². The van der Waals surface area contributed by atoms with Crippen molar-refractivity contribution >= 4 is 22.4 Å². The van der Waals surface area contributed by atoms with E-state index in [2.05, 4.69) is 10.8 Å². The van der Waals surface area contributed by atoms with E-state index in [4.69, 9.17) is 9.97 Å². The fourth-order valence-electron chi connectivity index (χ4n) is 3.82. The molecule has 3 heteroatoms. The van der Waals surface area contributed by atoms with E-state index < -0.39 is 0 Å². The van der Waals surface area contributed by atoms with Gasteiger partial charge in [-0.25, -0.2) is 9.97 Å². The van der Waals surface area contributed by atoms with Crippen LogP contribution in [-0.4, -0.2) is 9.97 Å². The molecule has 2 nitrogen and oxygen atoms in total. The molecular formula is C16H20N2S. The van der Waals surface area contributed by atoms with Gasteiger partial charge in [0.2, 0.25) is 0 Å². The van der Waals surface area contributed by atoms with Gasteiger partial charge in [0.25, 0.3) is 0 Å². The van der Waals surface area contributed by atoms with E-state index >= 15 is 0 Å². The fourth-order valence-corrected chi connectivity index (χ4v) is 4.50. The highest BCUT2D eigenvalue weighted by Gasteiger charge is 2.28. The van der Waals surface area contributed by atoms with E-state index in [1.807, 2.05) is 0 Å². The van der Waals surface area contributed by atoms with E-state index in [1.165, 1.54) is 62.8 Å². The summed E-state index contributed by atoms with van der Waals surface area (Å²) in [5.74, 6) is 1.37. The summed E-state index contributed by atoms with van der Waals surface area (Å²) in [6.07, 6.45) is 10.8. The Balaban J connectivity index is 1.83. The van der Waals surface area contributed by atoms with Crippen molar-refractivity contribution in [3.63, 3.8) is 0 Å². The zero-order valence-electron chi connectivity index (χ0n) is 11.3. The monoisotopic (exact) mass is 272 g/mol. The third kappa shape index (κ3) is 2.08. The van der Waals surface area contributed by atoms with Gasteiger partial charge in [-0.3, -0.25) is 0 Å². The van der Waals surface area contributed by atoms with Crippen molar-refractivity contribution in [1.82, 2.24) is 9.97 Å². The highest BCUT2D eigenvalue weighted by molar-refractivity contribution is 7.09. The first-order valence-electron chi connectivity index (χ1n) is 7.65. The molecule has 0 atom stereocenters. The van der Waals surface area contributed by atoms with Gasteiger partial charge in [0, 0.05) is 22.6 Å². The Morgan fingerprint density at radius 1 is 0.737 bits per heavy atom. The molecule has 0 N–H and O–H groups in total. The zero-order chi connectivity index (χ0) is 12.7. The third-order valence-electron chi connectivity index (χ3n) is 4.85. The fraction of sp³-hybridized carbons (Fsp3) is 0.625. The quantitative estimate of drug-likeness (QED) is 0.768. The van der Waals surface area contributed by atoms with Crippen LogP contribution in [0.5, 0.6) is 0 Å². The number of nitrogens with zero attached hydrogens (tertiary/aromatic N) is 2. The second-order valence-electron chi connectivity index (χ2n) is 6.10. The Kier molecular flexibility index (Phi) is 3.03. The molecule has 0 aromatic carbocycles. The van der Waals surface area contributed by atoms with Gasteiger partial charge >= 0.3 is 0 Å². The summed E-state index contributed by atoms with van der Waals surface area (Å²) in [6.45, 7) is 0. The summed E-state index contributed by atoms with van der Waals surface area (Å²) >= 11 is 1.73. The molecule has 0 unspecified atom stereocenters. The molecule has 2 aromatic rings. The second kappa shape index (κ2) is 4.86. The van der Waals surface area contributed by atoms with Crippen LogP contribution in [0.4, 0.5) is 0 Å². The summed E-state index contributed by atoms with van der Waals surface area (Å²) < 4.78 is 0. The van der Waals surface area contributed by atoms with Crippen molar-refractivity contribution in [2.75, 3.05) is 0 Å². The molecule has 2 aliphatic carbocycles. The molecule has 0 spiro atoms. The molecule has 2 aliphatic rings. The topological polar surface area (TPSA) is 25.8 Å². The Morgan fingerprint density at radius 3 is 1.58 bits per heavy atom. The van der Waals surface area contributed by atoms with E-state index in [0.717, 1.165) is 11.0 Å². The number of fused-ring (bicyclic) bond motifs is 1. The van der Waals surface area contributed by atoms with E-state index in [-0.39, 0.29) is 0 Å². The van der Waals surface area contributed by atoms with E-state index in [0.29, 0.717) is 11.8 Å². The van der Waals surface area contributed by atoms with E-state index in [9.17, 15) is 0 Å². The average molecular weight is 272 g/mol. The minimum atomic E-state index is 0.687. The number of hydrogen-bond donors (Lipinski definition) is 0. The van der Waals surface area contributed by atoms with Gasteiger partial charge in [-0.1, -0.05) is 25.7 Å². The van der Waals surface area contributed by atoms with Gasteiger partial charge in [0.1, 0.15) is 0 Å². The number of thiophene rings is 1. The second-order valence-corrected chi connectivity index (χ2v) is 6.84. The van der Waals surface area contributed by atoms with Crippen molar-refractivity contribution in [1.29, 1.82) is 0 Å². The first-order valence-corrected chi connectivity index (χ1v) is 8.60. The maximum Gasteiger partial charge on any atom is 0.0997 e. The molecule has 0 amide bonds. The maximum absolute atomic E-state index is 5.01. The largest absolute Gasteiger partial charge is 0.248 e. The lowest BCUT2D eigenvalue weighted by Gasteiger charge is -2.17. The van der Waals surface area contributed by atoms with Gasteiger partial charge < -0.3 is 0 Å². The van der Waals surface area contributed by atoms with Crippen molar-refractivity contribution in [2.24, 2.45) is 0 Å². The lowest BCUT2D eigenvalue weighted by atomic mass is 9.93. The summed E-state index contributed by atoms with van der Waals surface area (Å²) in [5, 5.41) is 4.30. The molecule has 2 aromatic heterocycles. The van der Waals surface area contributed by atoms with Crippen LogP contribution < -0.4 is 0 Å². The number of hydrogen-bond acceptors (Lipinski definition) is 3. The van der Waals surface area contributed by atoms with Crippen LogP contribution >= 0.6 is 11.3 Å². The first kappa shape index (κ1) is 11.8. The average Bonchev–Trinajstić information content (AvgIpc) is 3.18. The van der Waals surface area contributed by atoms with Crippen molar-refractivity contribution in [2.45, 2.75) is 63.2 Å². The Morgan fingerprint density at radius 2 is 1.16 bits per heavy atom. The predicted octanol–water partition coefficient (Wildman–Crippen LogP) is 5.01. The van der Waals surface area contributed by atoms with Crippen LogP contribution in [0.15, 0.2) is 10.8 Å². The minimum Gasteiger partial charge on any atom is -0.248 e. The van der Waals surface area contributed by atoms with Crippen LogP contribution in [0.2, 0.25) is 0 Å². The van der Waals surface area contributed by atoms with E-state index in [1.54, 1.807) is 11.3 Å². The molecule has 2 heterocycles. The standard InChI is InChI=1S/C16H20N2S/c1-2-6-11(5-1)15-16(12-7-3-4-8-12)18-14-10-19-9-13(14)17-15/h9-12H,1-8H2. The number of rotatable bonds is 2. The molecule has 2 fully saturated rings. The molecule has 0 radical (unpaired) electrons. The van der Waals surface area contributed by atoms with Crippen LogP contribution in [0.1, 0.15) is 74.6 Å². The maximum atomic E-state index is 5.01. The van der Waals surface area contributed by atoms with Gasteiger partial charge in [-0.05, 0) is 25.7 Å². The van der Waals surface area contributed by atoms with Crippen molar-refractivity contribution in [3.8, 4) is 0 Å². The SMILES string of the molecule is c1scc2nc(C3CCCC3)c(C3CCCC3)nc12. The molecule has 0 aliphatic heterocycles. The van der Waals surface area contributed by atoms with Crippen molar-refractivity contribution in [3.05, 3.63) is 22.1 Å². The Labute approximate surface area is 118 Å². The van der Waals surface area contributed by atoms with Crippen LogP contribution in [0.3, 0.4) is 0 Å². The molecule has 0 bridgehead atoms. The normalized spacial score (nSPS) is 21.7. The summed E-state index contributed by atoms with van der Waals surface area (Å²) in [7, 11) is 0. The first-order chi connectivity index (χ1) is 9.42. The Bertz CT molecular complexity index is 527. The molecule has 100 valence electrons. The smallest absolute Gasteiger partial charge is 0.0997 e. The Hall–Kier alpha value is -0.960. The van der Waals surface area contributed by atoms with Crippen LogP contribution in [0, 0.1) is 0 Å². The summed E-state index contributed by atoms with van der Waals surface area (Å²) in [6, 6.07) is 0. The predicted molar refractivity (Wildman–Crippen MR) is 79.8 cm³/mol. The van der Waals surface area contributed by atoms with Gasteiger partial charge in [-0.15, -0.1) is 11.3 Å².